The maximum atomic E-state index is 12.0. The molecule has 3 rings (SSSR count). The molecular formula is C13H10N4O2. The third-order valence-corrected chi connectivity index (χ3v) is 2.63. The van der Waals surface area contributed by atoms with E-state index in [1.165, 1.54) is 0 Å². The third kappa shape index (κ3) is 2.42. The fraction of sp³-hybridized carbons (Fsp3) is 0.0769. The number of carbonyl (C=O) groups excluding carboxylic acids is 1. The van der Waals surface area contributed by atoms with Gasteiger partial charge in [0.15, 0.2) is 17.2 Å². The topological polar surface area (TPSA) is 84.7 Å². The third-order valence-electron chi connectivity index (χ3n) is 2.63. The molecule has 0 aliphatic rings. The number of hydrogen-bond donors (Lipinski definition) is 1. The molecule has 6 heteroatoms. The van der Waals surface area contributed by atoms with Crippen LogP contribution in [0.25, 0.3) is 11.5 Å². The van der Waals surface area contributed by atoms with E-state index in [-0.39, 0.29) is 12.2 Å². The number of nitrogens with one attached hydrogen (secondary N) is 1. The van der Waals surface area contributed by atoms with Gasteiger partial charge in [-0.3, -0.25) is 14.9 Å². The van der Waals surface area contributed by atoms with Crippen LogP contribution in [0.2, 0.25) is 0 Å². The number of Topliss-reactive ketones (excluding diaryl/α,β-unsaturated/α-hetero) is 1. The van der Waals surface area contributed by atoms with Crippen LogP contribution in [0.15, 0.2) is 47.4 Å². The van der Waals surface area contributed by atoms with Gasteiger partial charge in [-0.15, -0.1) is 0 Å². The highest BCUT2D eigenvalue weighted by Gasteiger charge is 2.15. The fourth-order valence-electron chi connectivity index (χ4n) is 1.69. The Morgan fingerprint density at radius 2 is 2.32 bits per heavy atom. The molecule has 0 atom stereocenters. The molecular weight excluding hydrogens is 244 g/mol. The van der Waals surface area contributed by atoms with Gasteiger partial charge >= 0.3 is 0 Å². The van der Waals surface area contributed by atoms with Crippen molar-refractivity contribution >= 4 is 5.78 Å². The van der Waals surface area contributed by atoms with E-state index in [2.05, 4.69) is 20.3 Å². The van der Waals surface area contributed by atoms with Crippen LogP contribution in [0.5, 0.6) is 0 Å². The number of aromatic nitrogens is 4. The van der Waals surface area contributed by atoms with Gasteiger partial charge in [0.05, 0.1) is 6.20 Å². The molecule has 0 saturated heterocycles. The van der Waals surface area contributed by atoms with Gasteiger partial charge in [-0.05, 0) is 17.7 Å². The van der Waals surface area contributed by atoms with Crippen LogP contribution in [-0.2, 0) is 6.42 Å². The number of rotatable bonds is 4. The van der Waals surface area contributed by atoms with Crippen molar-refractivity contribution in [3.63, 3.8) is 0 Å². The molecule has 3 aromatic heterocycles. The second kappa shape index (κ2) is 4.85. The van der Waals surface area contributed by atoms with Crippen molar-refractivity contribution in [3.8, 4) is 11.5 Å². The summed E-state index contributed by atoms with van der Waals surface area (Å²) in [5, 5.41) is 10.2. The van der Waals surface area contributed by atoms with E-state index < -0.39 is 0 Å². The van der Waals surface area contributed by atoms with E-state index >= 15 is 0 Å². The van der Waals surface area contributed by atoms with E-state index in [1.807, 2.05) is 12.1 Å². The van der Waals surface area contributed by atoms with Crippen LogP contribution in [0.3, 0.4) is 0 Å². The van der Waals surface area contributed by atoms with Crippen LogP contribution >= 0.6 is 0 Å². The van der Waals surface area contributed by atoms with Crippen molar-refractivity contribution in [2.45, 2.75) is 6.42 Å². The average Bonchev–Trinajstić information content (AvgIpc) is 3.10. The van der Waals surface area contributed by atoms with E-state index in [0.717, 1.165) is 5.56 Å². The highest BCUT2D eigenvalue weighted by molar-refractivity contribution is 5.96. The predicted octanol–water partition coefficient (Wildman–Crippen LogP) is 1.89. The lowest BCUT2D eigenvalue weighted by atomic mass is 10.1. The summed E-state index contributed by atoms with van der Waals surface area (Å²) in [5.41, 5.74) is 1.76. The summed E-state index contributed by atoms with van der Waals surface area (Å²) in [7, 11) is 0. The number of hydrogen-bond acceptors (Lipinski definition) is 5. The van der Waals surface area contributed by atoms with Crippen LogP contribution in [0.4, 0.5) is 0 Å². The molecule has 0 aliphatic carbocycles. The van der Waals surface area contributed by atoms with Gasteiger partial charge in [0.2, 0.25) is 0 Å². The van der Waals surface area contributed by atoms with Crippen LogP contribution in [0, 0.1) is 0 Å². The molecule has 3 heterocycles. The number of ketones is 1. The lowest BCUT2D eigenvalue weighted by molar-refractivity contribution is 0.0984. The Hall–Kier alpha value is -2.76. The molecule has 0 unspecified atom stereocenters. The molecule has 0 bridgehead atoms. The number of nitrogens with zero attached hydrogens (tertiary/aromatic N) is 3. The number of aromatic amines is 1. The smallest absolute Gasteiger partial charge is 0.189 e. The zero-order chi connectivity index (χ0) is 13.1. The summed E-state index contributed by atoms with van der Waals surface area (Å²) in [6.07, 6.45) is 5.19. The fourth-order valence-corrected chi connectivity index (χ4v) is 1.69. The van der Waals surface area contributed by atoms with Crippen LogP contribution in [-0.4, -0.2) is 26.1 Å². The monoisotopic (exact) mass is 254 g/mol. The molecule has 0 amide bonds. The molecule has 0 aromatic carbocycles. The first-order valence-electron chi connectivity index (χ1n) is 5.72. The second-order valence-electron chi connectivity index (χ2n) is 4.00. The first-order chi connectivity index (χ1) is 9.33. The van der Waals surface area contributed by atoms with Gasteiger partial charge in [-0.1, -0.05) is 11.2 Å². The minimum absolute atomic E-state index is 0.118. The Kier molecular flexibility index (Phi) is 2.89. The van der Waals surface area contributed by atoms with Gasteiger partial charge in [0.25, 0.3) is 0 Å². The Morgan fingerprint density at radius 3 is 3.05 bits per heavy atom. The second-order valence-corrected chi connectivity index (χ2v) is 4.00. The SMILES string of the molecule is O=C(Cc1cn[nH]c1)c1cc(-c2ccccn2)on1. The average molecular weight is 254 g/mol. The number of carbonyl (C=O) groups is 1. The Bertz CT molecular complexity index is 674. The van der Waals surface area contributed by atoms with Gasteiger partial charge in [0, 0.05) is 24.9 Å². The maximum absolute atomic E-state index is 12.0. The summed E-state index contributed by atoms with van der Waals surface area (Å²) in [4.78, 5) is 16.1. The molecule has 0 radical (unpaired) electrons. The van der Waals surface area contributed by atoms with Gasteiger partial charge in [0.1, 0.15) is 5.69 Å². The van der Waals surface area contributed by atoms with Gasteiger partial charge in [-0.2, -0.15) is 5.10 Å². The van der Waals surface area contributed by atoms with E-state index in [1.54, 1.807) is 30.7 Å². The van der Waals surface area contributed by atoms with E-state index in [0.29, 0.717) is 17.1 Å². The van der Waals surface area contributed by atoms with Crippen molar-refractivity contribution in [2.24, 2.45) is 0 Å². The number of H-pyrrole nitrogens is 1. The van der Waals surface area contributed by atoms with Crippen LogP contribution in [0.1, 0.15) is 16.1 Å². The molecule has 6 nitrogen and oxygen atoms in total. The van der Waals surface area contributed by atoms with E-state index in [9.17, 15) is 4.79 Å². The van der Waals surface area contributed by atoms with Gasteiger partial charge in [-0.25, -0.2) is 0 Å². The minimum Gasteiger partial charge on any atom is -0.354 e. The summed E-state index contributed by atoms with van der Waals surface area (Å²) >= 11 is 0. The molecule has 19 heavy (non-hydrogen) atoms. The van der Waals surface area contributed by atoms with Crippen molar-refractivity contribution in [3.05, 3.63) is 54.1 Å². The highest BCUT2D eigenvalue weighted by atomic mass is 16.5. The van der Waals surface area contributed by atoms with Gasteiger partial charge < -0.3 is 4.52 Å². The normalized spacial score (nSPS) is 10.5. The van der Waals surface area contributed by atoms with Crippen molar-refractivity contribution in [1.29, 1.82) is 0 Å². The predicted molar refractivity (Wildman–Crippen MR) is 66.4 cm³/mol. The lowest BCUT2D eigenvalue weighted by Gasteiger charge is -1.91. The minimum atomic E-state index is -0.118. The van der Waals surface area contributed by atoms with Crippen LogP contribution < -0.4 is 0 Å². The summed E-state index contributed by atoms with van der Waals surface area (Å²) < 4.78 is 5.13. The standard InChI is InChI=1S/C13H10N4O2/c18-12(5-9-7-15-16-8-9)11-6-13(19-17-11)10-3-1-2-4-14-10/h1-4,6-8H,5H2,(H,15,16). The van der Waals surface area contributed by atoms with Crippen molar-refractivity contribution in [1.82, 2.24) is 20.3 Å². The Morgan fingerprint density at radius 1 is 1.37 bits per heavy atom. The van der Waals surface area contributed by atoms with Crippen molar-refractivity contribution in [2.75, 3.05) is 0 Å². The first-order valence-corrected chi connectivity index (χ1v) is 5.72. The molecule has 0 spiro atoms. The zero-order valence-electron chi connectivity index (χ0n) is 9.91. The molecule has 1 N–H and O–H groups in total. The Balaban J connectivity index is 1.80. The molecule has 3 aromatic rings. The number of pyridine rings is 1. The van der Waals surface area contributed by atoms with E-state index in [4.69, 9.17) is 4.52 Å². The summed E-state index contributed by atoms with van der Waals surface area (Å²) in [5.74, 6) is 0.364. The van der Waals surface area contributed by atoms with Crippen molar-refractivity contribution < 1.29 is 9.32 Å². The molecule has 94 valence electrons. The molecule has 0 saturated carbocycles. The zero-order valence-corrected chi connectivity index (χ0v) is 9.91. The molecule has 0 aliphatic heterocycles. The quantitative estimate of drug-likeness (QED) is 0.718. The summed E-state index contributed by atoms with van der Waals surface area (Å²) in [6.45, 7) is 0. The lowest BCUT2D eigenvalue weighted by Crippen LogP contribution is -2.02. The highest BCUT2D eigenvalue weighted by Crippen LogP contribution is 2.18. The summed E-state index contributed by atoms with van der Waals surface area (Å²) in [6, 6.07) is 7.05. The molecule has 0 fully saturated rings. The Labute approximate surface area is 108 Å². The maximum Gasteiger partial charge on any atom is 0.189 e. The largest absolute Gasteiger partial charge is 0.354 e. The first kappa shape index (κ1) is 11.3.